The summed E-state index contributed by atoms with van der Waals surface area (Å²) in [6.45, 7) is 0.666. The molecule has 0 unspecified atom stereocenters. The number of halogens is 1. The maximum atomic E-state index is 9.93. The molecule has 0 aromatic carbocycles. The highest BCUT2D eigenvalue weighted by Gasteiger charge is 1.94. The Labute approximate surface area is 71.4 Å². The Kier molecular flexibility index (Phi) is 11.2. The minimum absolute atomic E-state index is 0. The summed E-state index contributed by atoms with van der Waals surface area (Å²) < 4.78 is 0. The molecule has 0 spiro atoms. The van der Waals surface area contributed by atoms with Crippen molar-refractivity contribution in [2.24, 2.45) is 5.73 Å². The summed E-state index contributed by atoms with van der Waals surface area (Å²) in [5.41, 5.74) is 5.20. The first-order valence-electron chi connectivity index (χ1n) is 3.19. The predicted octanol–water partition coefficient (Wildman–Crippen LogP) is 1.17. The summed E-state index contributed by atoms with van der Waals surface area (Å²) in [7, 11) is 0. The molecule has 0 amide bonds. The molecule has 0 saturated carbocycles. The first-order chi connectivity index (χ1) is 4.27. The summed E-state index contributed by atoms with van der Waals surface area (Å²) in [5.74, 6) is -0.716. The van der Waals surface area contributed by atoms with E-state index in [1.807, 2.05) is 0 Å². The zero-order valence-electron chi connectivity index (χ0n) is 5.88. The van der Waals surface area contributed by atoms with Crippen LogP contribution in [0.4, 0.5) is 0 Å². The normalized spacial score (nSPS) is 8.50. The standard InChI is InChI=1S/C6H13NO2.BrH/c7-5-3-1-2-4-6(8)9;/h1-5,7H2,(H,8,9);1H. The van der Waals surface area contributed by atoms with Gasteiger partial charge in [-0.3, -0.25) is 4.79 Å². The second kappa shape index (κ2) is 8.91. The largest absolute Gasteiger partial charge is 0.481 e. The van der Waals surface area contributed by atoms with Gasteiger partial charge >= 0.3 is 5.97 Å². The molecule has 0 atom stereocenters. The van der Waals surface area contributed by atoms with E-state index in [9.17, 15) is 4.79 Å². The lowest BCUT2D eigenvalue weighted by Gasteiger charge is -1.93. The van der Waals surface area contributed by atoms with E-state index in [0.717, 1.165) is 19.3 Å². The number of carbonyl (C=O) groups is 1. The lowest BCUT2D eigenvalue weighted by molar-refractivity contribution is -0.137. The van der Waals surface area contributed by atoms with Gasteiger partial charge in [-0.25, -0.2) is 0 Å². The van der Waals surface area contributed by atoms with Gasteiger partial charge in [0, 0.05) is 6.42 Å². The van der Waals surface area contributed by atoms with Crippen molar-refractivity contribution in [2.75, 3.05) is 6.54 Å². The van der Waals surface area contributed by atoms with Gasteiger partial charge < -0.3 is 10.8 Å². The van der Waals surface area contributed by atoms with Crippen LogP contribution in [0.1, 0.15) is 25.7 Å². The van der Waals surface area contributed by atoms with Gasteiger partial charge in [-0.05, 0) is 19.4 Å². The fraction of sp³-hybridized carbons (Fsp3) is 0.833. The highest BCUT2D eigenvalue weighted by molar-refractivity contribution is 8.93. The lowest BCUT2D eigenvalue weighted by Crippen LogP contribution is -1.99. The smallest absolute Gasteiger partial charge is 0.303 e. The Morgan fingerprint density at radius 1 is 1.30 bits per heavy atom. The van der Waals surface area contributed by atoms with Gasteiger partial charge in [-0.15, -0.1) is 17.0 Å². The molecule has 3 N–H and O–H groups in total. The van der Waals surface area contributed by atoms with Crippen molar-refractivity contribution in [2.45, 2.75) is 25.7 Å². The van der Waals surface area contributed by atoms with Gasteiger partial charge in [0.1, 0.15) is 0 Å². The van der Waals surface area contributed by atoms with E-state index in [0.29, 0.717) is 6.54 Å². The van der Waals surface area contributed by atoms with E-state index in [2.05, 4.69) is 0 Å². The van der Waals surface area contributed by atoms with Crippen LogP contribution in [0.15, 0.2) is 0 Å². The van der Waals surface area contributed by atoms with Crippen molar-refractivity contribution in [3.63, 3.8) is 0 Å². The Bertz CT molecular complexity index is 87.8. The summed E-state index contributed by atoms with van der Waals surface area (Å²) >= 11 is 0. The molecule has 3 nitrogen and oxygen atoms in total. The fourth-order valence-corrected chi connectivity index (χ4v) is 0.597. The molecule has 0 aliphatic heterocycles. The van der Waals surface area contributed by atoms with Gasteiger partial charge in [0.15, 0.2) is 0 Å². The molecule has 0 aromatic rings. The van der Waals surface area contributed by atoms with Crippen LogP contribution in [0.25, 0.3) is 0 Å². The average molecular weight is 212 g/mol. The molecule has 0 rings (SSSR count). The highest BCUT2D eigenvalue weighted by Crippen LogP contribution is 1.97. The van der Waals surface area contributed by atoms with Crippen molar-refractivity contribution in [3.05, 3.63) is 0 Å². The minimum Gasteiger partial charge on any atom is -0.481 e. The number of hydrogen-bond acceptors (Lipinski definition) is 2. The van der Waals surface area contributed by atoms with Crippen LogP contribution >= 0.6 is 17.0 Å². The van der Waals surface area contributed by atoms with E-state index in [-0.39, 0.29) is 23.4 Å². The van der Waals surface area contributed by atoms with Crippen molar-refractivity contribution >= 4 is 23.0 Å². The van der Waals surface area contributed by atoms with Crippen LogP contribution in [0.3, 0.4) is 0 Å². The summed E-state index contributed by atoms with van der Waals surface area (Å²) in [5, 5.41) is 8.18. The second-order valence-electron chi connectivity index (χ2n) is 1.99. The number of carboxylic acids is 1. The number of rotatable bonds is 5. The van der Waals surface area contributed by atoms with Gasteiger partial charge in [0.25, 0.3) is 0 Å². The molecule has 0 fully saturated rings. The molecule has 10 heavy (non-hydrogen) atoms. The Morgan fingerprint density at radius 2 is 1.90 bits per heavy atom. The Morgan fingerprint density at radius 3 is 2.30 bits per heavy atom. The van der Waals surface area contributed by atoms with E-state index < -0.39 is 5.97 Å². The number of carboxylic acid groups (broad SMARTS) is 1. The van der Waals surface area contributed by atoms with Crippen LogP contribution in [-0.2, 0) is 4.79 Å². The summed E-state index contributed by atoms with van der Waals surface area (Å²) in [4.78, 5) is 9.93. The summed E-state index contributed by atoms with van der Waals surface area (Å²) in [6, 6.07) is 0. The van der Waals surface area contributed by atoms with Gasteiger partial charge in [0.05, 0.1) is 0 Å². The van der Waals surface area contributed by atoms with Crippen LogP contribution in [0, 0.1) is 0 Å². The molecule has 0 aromatic heterocycles. The van der Waals surface area contributed by atoms with Crippen molar-refractivity contribution in [3.8, 4) is 0 Å². The monoisotopic (exact) mass is 211 g/mol. The van der Waals surface area contributed by atoms with Gasteiger partial charge in [-0.1, -0.05) is 6.42 Å². The molecule has 0 bridgehead atoms. The SMILES string of the molecule is Br.NCCCCCC(=O)O. The molecule has 0 heterocycles. The van der Waals surface area contributed by atoms with E-state index in [1.54, 1.807) is 0 Å². The maximum Gasteiger partial charge on any atom is 0.303 e. The fourth-order valence-electron chi connectivity index (χ4n) is 0.597. The zero-order valence-corrected chi connectivity index (χ0v) is 7.59. The molecule has 4 heteroatoms. The van der Waals surface area contributed by atoms with E-state index in [1.165, 1.54) is 0 Å². The molecular formula is C6H14BrNO2. The van der Waals surface area contributed by atoms with Crippen molar-refractivity contribution in [1.82, 2.24) is 0 Å². The Balaban J connectivity index is 0. The number of hydrogen-bond donors (Lipinski definition) is 2. The first kappa shape index (κ1) is 12.6. The molecule has 0 saturated heterocycles. The minimum atomic E-state index is -0.716. The molecule has 0 aliphatic carbocycles. The molecule has 0 aliphatic rings. The number of nitrogens with two attached hydrogens (primary N) is 1. The van der Waals surface area contributed by atoms with Crippen LogP contribution in [-0.4, -0.2) is 17.6 Å². The van der Waals surface area contributed by atoms with Crippen LogP contribution in [0.5, 0.6) is 0 Å². The molecular weight excluding hydrogens is 198 g/mol. The molecule has 62 valence electrons. The van der Waals surface area contributed by atoms with E-state index in [4.69, 9.17) is 10.8 Å². The van der Waals surface area contributed by atoms with Crippen molar-refractivity contribution < 1.29 is 9.90 Å². The maximum absolute atomic E-state index is 9.93. The third-order valence-corrected chi connectivity index (χ3v) is 1.09. The highest BCUT2D eigenvalue weighted by atomic mass is 79.9. The van der Waals surface area contributed by atoms with Gasteiger partial charge in [-0.2, -0.15) is 0 Å². The average Bonchev–Trinajstić information content (AvgIpc) is 1.80. The molecule has 0 radical (unpaired) electrons. The third-order valence-electron chi connectivity index (χ3n) is 1.09. The topological polar surface area (TPSA) is 63.3 Å². The second-order valence-corrected chi connectivity index (χ2v) is 1.99. The Hall–Kier alpha value is -0.0900. The van der Waals surface area contributed by atoms with Gasteiger partial charge in [0.2, 0.25) is 0 Å². The summed E-state index contributed by atoms with van der Waals surface area (Å²) in [6.07, 6.45) is 2.91. The zero-order chi connectivity index (χ0) is 7.11. The predicted molar refractivity (Wildman–Crippen MR) is 45.5 cm³/mol. The van der Waals surface area contributed by atoms with Crippen LogP contribution in [0.2, 0.25) is 0 Å². The van der Waals surface area contributed by atoms with Crippen molar-refractivity contribution in [1.29, 1.82) is 0 Å². The third kappa shape index (κ3) is 10.8. The first-order valence-corrected chi connectivity index (χ1v) is 3.19. The quantitative estimate of drug-likeness (QED) is 0.672. The van der Waals surface area contributed by atoms with E-state index >= 15 is 0 Å². The number of aliphatic carboxylic acids is 1. The lowest BCUT2D eigenvalue weighted by atomic mass is 10.2. The number of unbranched alkanes of at least 4 members (excludes halogenated alkanes) is 2. The van der Waals surface area contributed by atoms with Crippen LogP contribution < -0.4 is 5.73 Å².